The molecule has 0 aromatic carbocycles. The van der Waals surface area contributed by atoms with Gasteiger partial charge in [-0.3, -0.25) is 0 Å². The van der Waals surface area contributed by atoms with Crippen LogP contribution in [0.1, 0.15) is 19.3 Å². The van der Waals surface area contributed by atoms with Crippen molar-refractivity contribution in [1.82, 2.24) is 24.4 Å². The lowest BCUT2D eigenvalue weighted by molar-refractivity contribution is 0.0260. The molecule has 1 saturated heterocycles. The fourth-order valence-corrected chi connectivity index (χ4v) is 3.81. The van der Waals surface area contributed by atoms with E-state index in [2.05, 4.69) is 25.9 Å². The predicted molar refractivity (Wildman–Crippen MR) is 106 cm³/mol. The third-order valence-corrected chi connectivity index (χ3v) is 5.69. The number of nitrogens with one attached hydrogen (secondary N) is 1. The second-order valence-corrected chi connectivity index (χ2v) is 7.61. The highest BCUT2D eigenvalue weighted by Crippen LogP contribution is 2.30. The summed E-state index contributed by atoms with van der Waals surface area (Å²) in [5.74, 6) is 0. The average Bonchev–Trinajstić information content (AvgIpc) is 3.30. The first-order valence-electron chi connectivity index (χ1n) is 9.84. The first-order valence-corrected chi connectivity index (χ1v) is 9.84. The molecule has 3 aromatic heterocycles. The Hall–Kier alpha value is -3.03. The van der Waals surface area contributed by atoms with E-state index < -0.39 is 0 Å². The molecule has 0 atom stereocenters. The molecule has 1 saturated carbocycles. The summed E-state index contributed by atoms with van der Waals surface area (Å²) in [5, 5.41) is 1.08. The number of H-pyrrole nitrogens is 1. The van der Waals surface area contributed by atoms with E-state index >= 15 is 0 Å². The van der Waals surface area contributed by atoms with Gasteiger partial charge in [-0.25, -0.2) is 14.8 Å². The molecule has 0 spiro atoms. The summed E-state index contributed by atoms with van der Waals surface area (Å²) in [6, 6.07) is 4.15. The fourth-order valence-electron chi connectivity index (χ4n) is 3.81. The van der Waals surface area contributed by atoms with Crippen molar-refractivity contribution in [3.05, 3.63) is 30.9 Å². The SMILES string of the molecule is Cn1cnc(-c2cc3c(N4CCN(C(=O)OC5CCC5)CC4)ccnc3[nH]2)c1. The van der Waals surface area contributed by atoms with Gasteiger partial charge in [-0.1, -0.05) is 0 Å². The topological polar surface area (TPSA) is 79.3 Å². The number of aryl methyl sites for hydroxylation is 1. The number of aromatic nitrogens is 4. The highest BCUT2D eigenvalue weighted by Gasteiger charge is 2.28. The smallest absolute Gasteiger partial charge is 0.410 e. The maximum Gasteiger partial charge on any atom is 0.410 e. The van der Waals surface area contributed by atoms with Crippen molar-refractivity contribution in [3.8, 4) is 11.4 Å². The van der Waals surface area contributed by atoms with Gasteiger partial charge in [0.25, 0.3) is 0 Å². The zero-order chi connectivity index (χ0) is 19.1. The van der Waals surface area contributed by atoms with Crippen molar-refractivity contribution < 1.29 is 9.53 Å². The van der Waals surface area contributed by atoms with Crippen molar-refractivity contribution in [2.24, 2.45) is 7.05 Å². The third kappa shape index (κ3) is 3.08. The number of carbonyl (C=O) groups is 1. The molecule has 1 N–H and O–H groups in total. The van der Waals surface area contributed by atoms with Gasteiger partial charge in [0.2, 0.25) is 0 Å². The normalized spacial score (nSPS) is 17.8. The summed E-state index contributed by atoms with van der Waals surface area (Å²) in [7, 11) is 1.96. The number of amides is 1. The van der Waals surface area contributed by atoms with Crippen molar-refractivity contribution in [2.75, 3.05) is 31.1 Å². The van der Waals surface area contributed by atoms with Gasteiger partial charge in [0.15, 0.2) is 0 Å². The molecule has 3 aromatic rings. The van der Waals surface area contributed by atoms with E-state index in [1.807, 2.05) is 35.0 Å². The van der Waals surface area contributed by atoms with Crippen LogP contribution < -0.4 is 4.90 Å². The highest BCUT2D eigenvalue weighted by molar-refractivity contribution is 5.93. The Bertz CT molecular complexity index is 997. The van der Waals surface area contributed by atoms with E-state index in [-0.39, 0.29) is 12.2 Å². The van der Waals surface area contributed by atoms with E-state index in [1.54, 1.807) is 6.33 Å². The summed E-state index contributed by atoms with van der Waals surface area (Å²) in [6.07, 6.45) is 8.75. The molecule has 28 heavy (non-hydrogen) atoms. The van der Waals surface area contributed by atoms with Crippen LogP contribution in [0, 0.1) is 0 Å². The van der Waals surface area contributed by atoms with Crippen molar-refractivity contribution in [3.63, 3.8) is 0 Å². The first-order chi connectivity index (χ1) is 13.7. The summed E-state index contributed by atoms with van der Waals surface area (Å²) >= 11 is 0. The zero-order valence-electron chi connectivity index (χ0n) is 16.0. The van der Waals surface area contributed by atoms with Gasteiger partial charge in [-0.05, 0) is 31.4 Å². The van der Waals surface area contributed by atoms with Gasteiger partial charge < -0.3 is 24.1 Å². The molecule has 1 aliphatic carbocycles. The van der Waals surface area contributed by atoms with Crippen LogP contribution in [0.3, 0.4) is 0 Å². The Balaban J connectivity index is 1.32. The van der Waals surface area contributed by atoms with Crippen molar-refractivity contribution in [1.29, 1.82) is 0 Å². The van der Waals surface area contributed by atoms with Crippen LogP contribution >= 0.6 is 0 Å². The number of hydrogen-bond acceptors (Lipinski definition) is 5. The second-order valence-electron chi connectivity index (χ2n) is 7.61. The minimum Gasteiger partial charge on any atom is -0.446 e. The summed E-state index contributed by atoms with van der Waals surface area (Å²) < 4.78 is 7.46. The monoisotopic (exact) mass is 380 g/mol. The number of aromatic amines is 1. The molecular formula is C20H24N6O2. The molecule has 8 nitrogen and oxygen atoms in total. The Morgan fingerprint density at radius 3 is 2.71 bits per heavy atom. The molecule has 2 fully saturated rings. The number of piperazine rings is 1. The van der Waals surface area contributed by atoms with E-state index in [9.17, 15) is 4.79 Å². The van der Waals surface area contributed by atoms with Crippen molar-refractivity contribution in [2.45, 2.75) is 25.4 Å². The van der Waals surface area contributed by atoms with Gasteiger partial charge in [0, 0.05) is 56.7 Å². The van der Waals surface area contributed by atoms with Crippen LogP contribution in [0.4, 0.5) is 10.5 Å². The number of nitrogens with zero attached hydrogens (tertiary/aromatic N) is 5. The average molecular weight is 380 g/mol. The summed E-state index contributed by atoms with van der Waals surface area (Å²) in [5.41, 5.74) is 3.84. The van der Waals surface area contributed by atoms with Crippen LogP contribution in [-0.4, -0.2) is 62.8 Å². The van der Waals surface area contributed by atoms with E-state index in [4.69, 9.17) is 4.74 Å². The Labute approximate surface area is 163 Å². The molecule has 0 unspecified atom stereocenters. The Morgan fingerprint density at radius 2 is 2.04 bits per heavy atom. The first kappa shape index (κ1) is 17.1. The summed E-state index contributed by atoms with van der Waals surface area (Å²) in [4.78, 5) is 28.7. The lowest BCUT2D eigenvalue weighted by Crippen LogP contribution is -2.49. The number of carbonyl (C=O) groups excluding carboxylic acids is 1. The number of fused-ring (bicyclic) bond motifs is 1. The Kier molecular flexibility index (Phi) is 4.18. The molecule has 1 aliphatic heterocycles. The number of pyridine rings is 1. The standard InChI is InChI=1S/C20H24N6O2/c1-24-12-17(22-13-24)16-11-15-18(5-6-21-19(15)23-16)25-7-9-26(10-8-25)20(27)28-14-3-2-4-14/h5-6,11-14H,2-4,7-10H2,1H3,(H,21,23). The maximum atomic E-state index is 12.3. The van der Waals surface area contributed by atoms with E-state index in [1.165, 1.54) is 6.42 Å². The summed E-state index contributed by atoms with van der Waals surface area (Å²) in [6.45, 7) is 2.91. The zero-order valence-corrected chi connectivity index (χ0v) is 16.0. The molecule has 2 aliphatic rings. The van der Waals surface area contributed by atoms with Crippen molar-refractivity contribution >= 4 is 22.8 Å². The number of ether oxygens (including phenoxy) is 1. The van der Waals surface area contributed by atoms with Crippen LogP contribution in [-0.2, 0) is 11.8 Å². The fraction of sp³-hybridized carbons (Fsp3) is 0.450. The maximum absolute atomic E-state index is 12.3. The number of imidazole rings is 1. The quantitative estimate of drug-likeness (QED) is 0.756. The van der Waals surface area contributed by atoms with Gasteiger partial charge in [-0.15, -0.1) is 0 Å². The molecule has 1 amide bonds. The Morgan fingerprint density at radius 1 is 1.21 bits per heavy atom. The van der Waals surface area contributed by atoms with Gasteiger partial charge in [0.1, 0.15) is 17.4 Å². The molecule has 8 heteroatoms. The van der Waals surface area contributed by atoms with E-state index in [0.717, 1.165) is 54.0 Å². The lowest BCUT2D eigenvalue weighted by atomic mass is 9.96. The minimum absolute atomic E-state index is 0.134. The van der Waals surface area contributed by atoms with E-state index in [0.29, 0.717) is 13.1 Å². The third-order valence-electron chi connectivity index (χ3n) is 5.69. The largest absolute Gasteiger partial charge is 0.446 e. The molecule has 5 rings (SSSR count). The van der Waals surface area contributed by atoms with Gasteiger partial charge in [0.05, 0.1) is 12.0 Å². The second kappa shape index (κ2) is 6.85. The molecule has 4 heterocycles. The van der Waals surface area contributed by atoms with Crippen LogP contribution in [0.25, 0.3) is 22.4 Å². The molecular weight excluding hydrogens is 356 g/mol. The van der Waals surface area contributed by atoms with Crippen LogP contribution in [0.15, 0.2) is 30.9 Å². The lowest BCUT2D eigenvalue weighted by Gasteiger charge is -2.37. The molecule has 146 valence electrons. The van der Waals surface area contributed by atoms with Crippen LogP contribution in [0.5, 0.6) is 0 Å². The van der Waals surface area contributed by atoms with Gasteiger partial charge in [-0.2, -0.15) is 0 Å². The number of anilines is 1. The molecule has 0 radical (unpaired) electrons. The van der Waals surface area contributed by atoms with Crippen LogP contribution in [0.2, 0.25) is 0 Å². The van der Waals surface area contributed by atoms with Gasteiger partial charge >= 0.3 is 6.09 Å². The highest BCUT2D eigenvalue weighted by atomic mass is 16.6. The predicted octanol–water partition coefficient (Wildman–Crippen LogP) is 2.77. The molecule has 0 bridgehead atoms. The number of hydrogen-bond donors (Lipinski definition) is 1. The number of rotatable bonds is 3. The minimum atomic E-state index is -0.164.